The van der Waals surface area contributed by atoms with Crippen molar-refractivity contribution in [1.29, 1.82) is 0 Å². The predicted molar refractivity (Wildman–Crippen MR) is 87.1 cm³/mol. The zero-order valence-electron chi connectivity index (χ0n) is 12.5. The minimum absolute atomic E-state index is 0.00696. The van der Waals surface area contributed by atoms with E-state index in [2.05, 4.69) is 0 Å². The molecule has 122 valence electrons. The summed E-state index contributed by atoms with van der Waals surface area (Å²) >= 11 is 11.8. The van der Waals surface area contributed by atoms with Crippen molar-refractivity contribution < 1.29 is 15.0 Å². The van der Waals surface area contributed by atoms with Crippen LogP contribution in [0.25, 0.3) is 0 Å². The van der Waals surface area contributed by atoms with Gasteiger partial charge >= 0.3 is 0 Å². The average Bonchev–Trinajstić information content (AvgIpc) is 2.84. The minimum Gasteiger partial charge on any atom is -0.393 e. The van der Waals surface area contributed by atoms with Crippen molar-refractivity contribution in [3.63, 3.8) is 0 Å². The maximum absolute atomic E-state index is 12.4. The number of aliphatic hydroxyl groups excluding tert-OH is 2. The molecule has 0 radical (unpaired) electrons. The molecule has 1 amide bonds. The van der Waals surface area contributed by atoms with Crippen LogP contribution in [0.4, 0.5) is 0 Å². The summed E-state index contributed by atoms with van der Waals surface area (Å²) in [5.41, 5.74) is 0.539. The standard InChI is InChI=1S/C16H21Cl2NO3/c1-10(20)5-14-3-2-4-19(14)16(22)9-15(21)11-6-12(17)8-13(18)7-11/h6-8,10,14-15,20-21H,2-5,9H2,1H3/t10-,14+,15-/m0/s1. The summed E-state index contributed by atoms with van der Waals surface area (Å²) in [4.78, 5) is 14.2. The van der Waals surface area contributed by atoms with Crippen LogP contribution in [0.15, 0.2) is 18.2 Å². The number of amides is 1. The van der Waals surface area contributed by atoms with Gasteiger partial charge in [-0.15, -0.1) is 0 Å². The number of hydrogen-bond acceptors (Lipinski definition) is 3. The van der Waals surface area contributed by atoms with Gasteiger partial charge in [-0.05, 0) is 49.9 Å². The van der Waals surface area contributed by atoms with Crippen LogP contribution < -0.4 is 0 Å². The summed E-state index contributed by atoms with van der Waals surface area (Å²) in [6, 6.07) is 4.87. The van der Waals surface area contributed by atoms with Gasteiger partial charge in [-0.1, -0.05) is 23.2 Å². The quantitative estimate of drug-likeness (QED) is 0.861. The highest BCUT2D eigenvalue weighted by molar-refractivity contribution is 6.34. The van der Waals surface area contributed by atoms with E-state index in [0.717, 1.165) is 12.8 Å². The molecule has 0 aliphatic carbocycles. The number of nitrogens with zero attached hydrogens (tertiary/aromatic N) is 1. The van der Waals surface area contributed by atoms with Crippen LogP contribution in [0, 0.1) is 0 Å². The smallest absolute Gasteiger partial charge is 0.225 e. The molecule has 1 aliphatic heterocycles. The SMILES string of the molecule is C[C@H](O)C[C@H]1CCCN1C(=O)C[C@H](O)c1cc(Cl)cc(Cl)c1. The van der Waals surface area contributed by atoms with Gasteiger partial charge in [0, 0.05) is 22.6 Å². The highest BCUT2D eigenvalue weighted by Crippen LogP contribution is 2.28. The van der Waals surface area contributed by atoms with Crippen LogP contribution >= 0.6 is 23.2 Å². The molecule has 2 N–H and O–H groups in total. The van der Waals surface area contributed by atoms with E-state index in [-0.39, 0.29) is 18.4 Å². The topological polar surface area (TPSA) is 60.8 Å². The molecule has 6 heteroatoms. The summed E-state index contributed by atoms with van der Waals surface area (Å²) in [7, 11) is 0. The Kier molecular flexibility index (Phi) is 6.09. The second-order valence-electron chi connectivity index (χ2n) is 5.89. The fraction of sp³-hybridized carbons (Fsp3) is 0.562. The van der Waals surface area contributed by atoms with E-state index < -0.39 is 12.2 Å². The first-order valence-corrected chi connectivity index (χ1v) is 8.24. The lowest BCUT2D eigenvalue weighted by molar-refractivity contribution is -0.134. The molecule has 0 aromatic heterocycles. The molecule has 1 fully saturated rings. The van der Waals surface area contributed by atoms with Crippen molar-refractivity contribution in [3.8, 4) is 0 Å². The van der Waals surface area contributed by atoms with E-state index in [1.165, 1.54) is 0 Å². The van der Waals surface area contributed by atoms with Crippen molar-refractivity contribution in [3.05, 3.63) is 33.8 Å². The molecule has 1 aliphatic rings. The second kappa shape index (κ2) is 7.64. The molecular weight excluding hydrogens is 325 g/mol. The molecule has 4 nitrogen and oxygen atoms in total. The van der Waals surface area contributed by atoms with Gasteiger partial charge in [-0.25, -0.2) is 0 Å². The van der Waals surface area contributed by atoms with E-state index >= 15 is 0 Å². The van der Waals surface area contributed by atoms with Crippen molar-refractivity contribution >= 4 is 29.1 Å². The Labute approximate surface area is 140 Å². The molecule has 1 aromatic rings. The molecule has 22 heavy (non-hydrogen) atoms. The lowest BCUT2D eigenvalue weighted by atomic mass is 10.0. The van der Waals surface area contributed by atoms with Crippen molar-refractivity contribution in [1.82, 2.24) is 4.90 Å². The fourth-order valence-corrected chi connectivity index (χ4v) is 3.51. The van der Waals surface area contributed by atoms with Crippen LogP contribution in [0.1, 0.15) is 44.3 Å². The number of halogens is 2. The lowest BCUT2D eigenvalue weighted by Crippen LogP contribution is -2.37. The Morgan fingerprint density at radius 2 is 1.95 bits per heavy atom. The molecule has 1 aromatic carbocycles. The highest BCUT2D eigenvalue weighted by Gasteiger charge is 2.30. The first-order valence-electron chi connectivity index (χ1n) is 7.48. The molecular formula is C16H21Cl2NO3. The molecule has 1 heterocycles. The number of rotatable bonds is 5. The largest absolute Gasteiger partial charge is 0.393 e. The second-order valence-corrected chi connectivity index (χ2v) is 6.76. The first kappa shape index (κ1) is 17.5. The normalized spacial score (nSPS) is 21.0. The molecule has 0 bridgehead atoms. The van der Waals surface area contributed by atoms with Gasteiger partial charge in [0.2, 0.25) is 5.91 Å². The Bertz CT molecular complexity index is 516. The molecule has 2 rings (SSSR count). The summed E-state index contributed by atoms with van der Waals surface area (Å²) in [5.74, 6) is -0.105. The Hall–Kier alpha value is -0.810. The van der Waals surface area contributed by atoms with Gasteiger partial charge in [0.25, 0.3) is 0 Å². The number of benzene rings is 1. The zero-order valence-corrected chi connectivity index (χ0v) is 14.0. The van der Waals surface area contributed by atoms with Crippen molar-refractivity contribution in [2.75, 3.05) is 6.54 Å². The zero-order chi connectivity index (χ0) is 16.3. The minimum atomic E-state index is -0.934. The monoisotopic (exact) mass is 345 g/mol. The van der Waals surface area contributed by atoms with Gasteiger partial charge in [0.1, 0.15) is 0 Å². The van der Waals surface area contributed by atoms with E-state index in [4.69, 9.17) is 23.2 Å². The molecule has 0 unspecified atom stereocenters. The fourth-order valence-electron chi connectivity index (χ4n) is 2.97. The number of likely N-dealkylation sites (tertiary alicyclic amines) is 1. The lowest BCUT2D eigenvalue weighted by Gasteiger charge is -2.26. The summed E-state index contributed by atoms with van der Waals surface area (Å²) < 4.78 is 0. The van der Waals surface area contributed by atoms with E-state index in [1.54, 1.807) is 30.0 Å². The third kappa shape index (κ3) is 4.59. The van der Waals surface area contributed by atoms with Gasteiger partial charge in [-0.2, -0.15) is 0 Å². The Morgan fingerprint density at radius 3 is 2.55 bits per heavy atom. The van der Waals surface area contributed by atoms with Gasteiger partial charge in [0.05, 0.1) is 18.6 Å². The van der Waals surface area contributed by atoms with Crippen molar-refractivity contribution in [2.45, 2.75) is 50.9 Å². The molecule has 0 saturated carbocycles. The van der Waals surface area contributed by atoms with Gasteiger partial charge in [0.15, 0.2) is 0 Å². The van der Waals surface area contributed by atoms with Crippen LogP contribution in [0.2, 0.25) is 10.0 Å². The summed E-state index contributed by atoms with van der Waals surface area (Å²) in [5, 5.41) is 20.6. The number of aliphatic hydroxyl groups is 2. The summed E-state index contributed by atoms with van der Waals surface area (Å²) in [6.45, 7) is 2.41. The maximum atomic E-state index is 12.4. The summed E-state index contributed by atoms with van der Waals surface area (Å²) in [6.07, 6.45) is 1.03. The Morgan fingerprint density at radius 1 is 1.32 bits per heavy atom. The van der Waals surface area contributed by atoms with E-state index in [1.807, 2.05) is 0 Å². The van der Waals surface area contributed by atoms with Gasteiger partial charge < -0.3 is 15.1 Å². The number of carbonyl (C=O) groups is 1. The Balaban J connectivity index is 2.01. The first-order chi connectivity index (χ1) is 10.4. The van der Waals surface area contributed by atoms with Crippen LogP contribution in [0.3, 0.4) is 0 Å². The third-order valence-corrected chi connectivity index (χ3v) is 4.38. The number of hydrogen-bond donors (Lipinski definition) is 2. The predicted octanol–water partition coefficient (Wildman–Crippen LogP) is 3.18. The van der Waals surface area contributed by atoms with Crippen LogP contribution in [-0.4, -0.2) is 39.7 Å². The van der Waals surface area contributed by atoms with Crippen LogP contribution in [0.5, 0.6) is 0 Å². The molecule has 0 spiro atoms. The van der Waals surface area contributed by atoms with Crippen molar-refractivity contribution in [2.24, 2.45) is 0 Å². The molecule has 1 saturated heterocycles. The highest BCUT2D eigenvalue weighted by atomic mass is 35.5. The van der Waals surface area contributed by atoms with E-state index in [0.29, 0.717) is 28.6 Å². The maximum Gasteiger partial charge on any atom is 0.225 e. The van der Waals surface area contributed by atoms with Gasteiger partial charge in [-0.3, -0.25) is 4.79 Å². The molecule has 3 atom stereocenters. The number of carbonyl (C=O) groups excluding carboxylic acids is 1. The third-order valence-electron chi connectivity index (χ3n) is 3.95. The average molecular weight is 346 g/mol. The van der Waals surface area contributed by atoms with E-state index in [9.17, 15) is 15.0 Å². The van der Waals surface area contributed by atoms with Crippen LogP contribution in [-0.2, 0) is 4.79 Å².